The van der Waals surface area contributed by atoms with Gasteiger partial charge in [-0.1, -0.05) is 43.2 Å². The highest BCUT2D eigenvalue weighted by molar-refractivity contribution is 5.82. The Morgan fingerprint density at radius 3 is 2.27 bits per heavy atom. The number of amides is 2. The summed E-state index contributed by atoms with van der Waals surface area (Å²) in [6.07, 6.45) is 5.38. The highest BCUT2D eigenvalue weighted by Gasteiger charge is 2.54. The van der Waals surface area contributed by atoms with Crippen molar-refractivity contribution in [3.05, 3.63) is 35.9 Å². The van der Waals surface area contributed by atoms with E-state index in [1.807, 2.05) is 30.3 Å². The molecule has 2 saturated carbocycles. The zero-order chi connectivity index (χ0) is 15.4. The molecule has 0 heterocycles. The Morgan fingerprint density at radius 2 is 1.59 bits per heavy atom. The fraction of sp³-hybridized carbons (Fsp3) is 0.556. The summed E-state index contributed by atoms with van der Waals surface area (Å²) in [6.45, 7) is 1.02. The SMILES string of the molecule is O=C(Cc1ccccc1)NCCNC(=O)C1[C@H]2CCCC[C@@H]12. The van der Waals surface area contributed by atoms with Gasteiger partial charge in [-0.25, -0.2) is 0 Å². The monoisotopic (exact) mass is 300 g/mol. The molecule has 118 valence electrons. The molecule has 3 rings (SSSR count). The minimum Gasteiger partial charge on any atom is -0.354 e. The zero-order valence-corrected chi connectivity index (χ0v) is 12.9. The van der Waals surface area contributed by atoms with E-state index in [-0.39, 0.29) is 17.7 Å². The van der Waals surface area contributed by atoms with Crippen LogP contribution in [0.4, 0.5) is 0 Å². The number of carbonyl (C=O) groups is 2. The van der Waals surface area contributed by atoms with Gasteiger partial charge in [0, 0.05) is 19.0 Å². The molecule has 0 aliphatic heterocycles. The van der Waals surface area contributed by atoms with Gasteiger partial charge in [-0.15, -0.1) is 0 Å². The Bertz CT molecular complexity index is 517. The van der Waals surface area contributed by atoms with Gasteiger partial charge < -0.3 is 10.6 Å². The molecule has 2 amide bonds. The number of carbonyl (C=O) groups excluding carboxylic acids is 2. The van der Waals surface area contributed by atoms with Crippen molar-refractivity contribution in [2.45, 2.75) is 32.1 Å². The quantitative estimate of drug-likeness (QED) is 0.788. The van der Waals surface area contributed by atoms with Gasteiger partial charge in [0.25, 0.3) is 0 Å². The molecular weight excluding hydrogens is 276 g/mol. The summed E-state index contributed by atoms with van der Waals surface area (Å²) in [6, 6.07) is 9.68. The van der Waals surface area contributed by atoms with Crippen LogP contribution < -0.4 is 10.6 Å². The third kappa shape index (κ3) is 3.67. The summed E-state index contributed by atoms with van der Waals surface area (Å²) in [4.78, 5) is 23.9. The number of hydrogen-bond acceptors (Lipinski definition) is 2. The number of benzene rings is 1. The van der Waals surface area contributed by atoms with Gasteiger partial charge in [0.2, 0.25) is 11.8 Å². The molecule has 1 aromatic rings. The van der Waals surface area contributed by atoms with Gasteiger partial charge in [-0.05, 0) is 30.2 Å². The highest BCUT2D eigenvalue weighted by Crippen LogP contribution is 2.55. The molecule has 4 nitrogen and oxygen atoms in total. The molecule has 0 aromatic heterocycles. The standard InChI is InChI=1S/C18H24N2O2/c21-16(12-13-6-2-1-3-7-13)19-10-11-20-18(22)17-14-8-4-5-9-15(14)17/h1-3,6-7,14-15,17H,4-5,8-12H2,(H,19,21)(H,20,22)/t14-,15+,17?. The Labute approximate surface area is 131 Å². The lowest BCUT2D eigenvalue weighted by atomic mass is 10.0. The lowest BCUT2D eigenvalue weighted by Gasteiger charge is -2.07. The molecule has 1 unspecified atom stereocenters. The van der Waals surface area contributed by atoms with Crippen LogP contribution in [0.25, 0.3) is 0 Å². The van der Waals surface area contributed by atoms with Crippen LogP contribution in [0.5, 0.6) is 0 Å². The maximum Gasteiger partial charge on any atom is 0.224 e. The Balaban J connectivity index is 1.30. The van der Waals surface area contributed by atoms with Crippen LogP contribution in [0.2, 0.25) is 0 Å². The maximum absolute atomic E-state index is 12.1. The zero-order valence-electron chi connectivity index (χ0n) is 12.9. The average Bonchev–Trinajstić information content (AvgIpc) is 3.27. The average molecular weight is 300 g/mol. The van der Waals surface area contributed by atoms with Crippen LogP contribution in [0.15, 0.2) is 30.3 Å². The fourth-order valence-corrected chi connectivity index (χ4v) is 3.73. The van der Waals surface area contributed by atoms with E-state index in [0.717, 1.165) is 5.56 Å². The lowest BCUT2D eigenvalue weighted by molar-refractivity contribution is -0.123. The van der Waals surface area contributed by atoms with Crippen molar-refractivity contribution in [1.29, 1.82) is 0 Å². The van der Waals surface area contributed by atoms with Gasteiger partial charge in [-0.3, -0.25) is 9.59 Å². The largest absolute Gasteiger partial charge is 0.354 e. The van der Waals surface area contributed by atoms with Crippen molar-refractivity contribution >= 4 is 11.8 Å². The number of fused-ring (bicyclic) bond motifs is 1. The molecule has 3 atom stereocenters. The Morgan fingerprint density at radius 1 is 0.955 bits per heavy atom. The summed E-state index contributed by atoms with van der Waals surface area (Å²) >= 11 is 0. The Hall–Kier alpha value is -1.84. The molecule has 0 radical (unpaired) electrons. The third-order valence-corrected chi connectivity index (χ3v) is 4.91. The van der Waals surface area contributed by atoms with Crippen LogP contribution >= 0.6 is 0 Å². The van der Waals surface area contributed by atoms with E-state index in [4.69, 9.17) is 0 Å². The van der Waals surface area contributed by atoms with Gasteiger partial charge in [-0.2, -0.15) is 0 Å². The number of nitrogens with one attached hydrogen (secondary N) is 2. The van der Waals surface area contributed by atoms with E-state index in [0.29, 0.717) is 31.3 Å². The van der Waals surface area contributed by atoms with Crippen LogP contribution in [-0.4, -0.2) is 24.9 Å². The second kappa shape index (κ2) is 6.95. The molecule has 2 fully saturated rings. The molecule has 0 spiro atoms. The van der Waals surface area contributed by atoms with Crippen LogP contribution in [0.1, 0.15) is 31.2 Å². The van der Waals surface area contributed by atoms with Gasteiger partial charge in [0.15, 0.2) is 0 Å². The first kappa shape index (κ1) is 15.1. The third-order valence-electron chi connectivity index (χ3n) is 4.91. The summed E-state index contributed by atoms with van der Waals surface area (Å²) < 4.78 is 0. The first-order chi connectivity index (χ1) is 10.8. The van der Waals surface area contributed by atoms with Crippen molar-refractivity contribution in [2.24, 2.45) is 17.8 Å². The summed E-state index contributed by atoms with van der Waals surface area (Å²) in [7, 11) is 0. The predicted octanol–water partition coefficient (Wildman–Crippen LogP) is 1.90. The predicted molar refractivity (Wildman–Crippen MR) is 85.1 cm³/mol. The first-order valence-electron chi connectivity index (χ1n) is 8.34. The van der Waals surface area contributed by atoms with E-state index >= 15 is 0 Å². The van der Waals surface area contributed by atoms with E-state index in [2.05, 4.69) is 10.6 Å². The van der Waals surface area contributed by atoms with Crippen LogP contribution in [0.3, 0.4) is 0 Å². The molecule has 2 aliphatic rings. The molecule has 0 bridgehead atoms. The van der Waals surface area contributed by atoms with Crippen molar-refractivity contribution in [3.8, 4) is 0 Å². The summed E-state index contributed by atoms with van der Waals surface area (Å²) in [5, 5.41) is 5.82. The summed E-state index contributed by atoms with van der Waals surface area (Å²) in [5.41, 5.74) is 1.01. The van der Waals surface area contributed by atoms with Gasteiger partial charge >= 0.3 is 0 Å². The minimum absolute atomic E-state index is 0.000500. The van der Waals surface area contributed by atoms with Crippen molar-refractivity contribution in [3.63, 3.8) is 0 Å². The molecule has 4 heteroatoms. The van der Waals surface area contributed by atoms with Gasteiger partial charge in [0.1, 0.15) is 0 Å². The molecule has 2 N–H and O–H groups in total. The Kier molecular flexibility index (Phi) is 4.76. The van der Waals surface area contributed by atoms with E-state index in [1.54, 1.807) is 0 Å². The molecule has 2 aliphatic carbocycles. The van der Waals surface area contributed by atoms with Crippen molar-refractivity contribution < 1.29 is 9.59 Å². The second-order valence-corrected chi connectivity index (χ2v) is 6.44. The normalized spacial score (nSPS) is 25.9. The molecule has 22 heavy (non-hydrogen) atoms. The van der Waals surface area contributed by atoms with Crippen LogP contribution in [-0.2, 0) is 16.0 Å². The highest BCUT2D eigenvalue weighted by atomic mass is 16.2. The van der Waals surface area contributed by atoms with E-state index in [9.17, 15) is 9.59 Å². The number of hydrogen-bond donors (Lipinski definition) is 2. The molecule has 0 saturated heterocycles. The van der Waals surface area contributed by atoms with E-state index in [1.165, 1.54) is 25.7 Å². The summed E-state index contributed by atoms with van der Waals surface area (Å²) in [5.74, 6) is 1.72. The topological polar surface area (TPSA) is 58.2 Å². The maximum atomic E-state index is 12.1. The molecular formula is C18H24N2O2. The molecule has 1 aromatic carbocycles. The van der Waals surface area contributed by atoms with Gasteiger partial charge in [0.05, 0.1) is 6.42 Å². The fourth-order valence-electron chi connectivity index (χ4n) is 3.73. The van der Waals surface area contributed by atoms with Crippen molar-refractivity contribution in [1.82, 2.24) is 10.6 Å². The van der Waals surface area contributed by atoms with E-state index < -0.39 is 0 Å². The number of rotatable bonds is 6. The lowest BCUT2D eigenvalue weighted by Crippen LogP contribution is -2.36. The second-order valence-electron chi connectivity index (χ2n) is 6.44. The first-order valence-corrected chi connectivity index (χ1v) is 8.34. The van der Waals surface area contributed by atoms with Crippen molar-refractivity contribution in [2.75, 3.05) is 13.1 Å². The smallest absolute Gasteiger partial charge is 0.224 e. The van der Waals surface area contributed by atoms with Crippen LogP contribution in [0, 0.1) is 17.8 Å². The minimum atomic E-state index is 0.000500.